The molecule has 2 saturated heterocycles. The van der Waals surface area contributed by atoms with Crippen LogP contribution in [-0.4, -0.2) is 59.6 Å². The average molecular weight is 365 g/mol. The van der Waals surface area contributed by atoms with Crippen molar-refractivity contribution in [3.8, 4) is 0 Å². The van der Waals surface area contributed by atoms with Gasteiger partial charge in [-0.1, -0.05) is 6.07 Å². The first-order valence-corrected chi connectivity index (χ1v) is 9.84. The van der Waals surface area contributed by atoms with Crippen LogP contribution in [0.4, 0.5) is 4.79 Å². The summed E-state index contributed by atoms with van der Waals surface area (Å²) < 4.78 is 5.78. The minimum Gasteiger partial charge on any atom is -0.377 e. The van der Waals surface area contributed by atoms with Crippen molar-refractivity contribution in [2.24, 2.45) is 0 Å². The Labute approximate surface area is 153 Å². The van der Waals surface area contributed by atoms with E-state index in [1.54, 1.807) is 25.2 Å². The molecule has 7 heteroatoms. The molecule has 2 fully saturated rings. The smallest absolute Gasteiger partial charge is 0.325 e. The van der Waals surface area contributed by atoms with Crippen LogP contribution in [0.1, 0.15) is 38.0 Å². The van der Waals surface area contributed by atoms with Gasteiger partial charge in [0.25, 0.3) is 5.91 Å². The van der Waals surface area contributed by atoms with Gasteiger partial charge in [-0.15, -0.1) is 11.3 Å². The summed E-state index contributed by atoms with van der Waals surface area (Å²) >= 11 is 1.76. The molecule has 1 N–H and O–H groups in total. The molecule has 1 aromatic heterocycles. The molecular weight excluding hydrogens is 338 g/mol. The van der Waals surface area contributed by atoms with E-state index in [4.69, 9.17) is 4.74 Å². The highest BCUT2D eigenvalue weighted by Gasteiger charge is 2.43. The summed E-state index contributed by atoms with van der Waals surface area (Å²) in [5.74, 6) is -0.138. The Hall–Kier alpha value is -1.44. The molecule has 0 aromatic carbocycles. The Bertz CT molecular complexity index is 597. The zero-order valence-electron chi connectivity index (χ0n) is 15.0. The maximum absolute atomic E-state index is 12.3. The van der Waals surface area contributed by atoms with Crippen molar-refractivity contribution in [2.75, 3.05) is 26.2 Å². The second-order valence-electron chi connectivity index (χ2n) is 7.32. The molecule has 2 aliphatic rings. The summed E-state index contributed by atoms with van der Waals surface area (Å²) in [5.41, 5.74) is -0.786. The lowest BCUT2D eigenvalue weighted by Crippen LogP contribution is -2.40. The van der Waals surface area contributed by atoms with E-state index in [1.807, 2.05) is 0 Å². The average Bonchev–Trinajstić information content (AvgIpc) is 3.26. The zero-order valence-corrected chi connectivity index (χ0v) is 15.8. The van der Waals surface area contributed by atoms with Gasteiger partial charge in [0.05, 0.1) is 6.10 Å². The number of hydrogen-bond acceptors (Lipinski definition) is 5. The minimum absolute atomic E-state index is 0.138. The van der Waals surface area contributed by atoms with Crippen molar-refractivity contribution < 1.29 is 14.3 Å². The van der Waals surface area contributed by atoms with Gasteiger partial charge in [-0.3, -0.25) is 14.6 Å². The lowest BCUT2D eigenvalue weighted by Gasteiger charge is -2.25. The van der Waals surface area contributed by atoms with Crippen molar-refractivity contribution in [3.05, 3.63) is 22.4 Å². The highest BCUT2D eigenvalue weighted by atomic mass is 32.1. The van der Waals surface area contributed by atoms with Crippen molar-refractivity contribution in [3.63, 3.8) is 0 Å². The van der Waals surface area contributed by atoms with E-state index in [9.17, 15) is 9.59 Å². The molecule has 0 radical (unpaired) electrons. The predicted molar refractivity (Wildman–Crippen MR) is 97.5 cm³/mol. The molecule has 3 amide bonds. The number of amides is 3. The van der Waals surface area contributed by atoms with Crippen LogP contribution in [0.2, 0.25) is 0 Å². The molecule has 1 aromatic rings. The van der Waals surface area contributed by atoms with E-state index in [0.717, 1.165) is 45.5 Å². The summed E-state index contributed by atoms with van der Waals surface area (Å²) in [6.45, 7) is 7.44. The van der Waals surface area contributed by atoms with Gasteiger partial charge >= 0.3 is 6.03 Å². The van der Waals surface area contributed by atoms with Crippen LogP contribution < -0.4 is 5.32 Å². The Balaban J connectivity index is 1.53. The highest BCUT2D eigenvalue weighted by Crippen LogP contribution is 2.19. The van der Waals surface area contributed by atoms with E-state index < -0.39 is 5.54 Å². The lowest BCUT2D eigenvalue weighted by atomic mass is 10.1. The standard InChI is InChI=1S/C18H27N3O3S/c1-18(2)16(22)21(17(23)19-18)9-5-8-20(12-14-6-3-10-24-14)13-15-7-4-11-25-15/h4,7,11,14H,3,5-6,8-10,12-13H2,1-2H3,(H,19,23)/t14-/m0/s1. The number of carbonyl (C=O) groups is 2. The number of imide groups is 1. The molecule has 0 aliphatic carbocycles. The number of hydrogen-bond donors (Lipinski definition) is 1. The van der Waals surface area contributed by atoms with Gasteiger partial charge in [0.2, 0.25) is 0 Å². The molecule has 138 valence electrons. The topological polar surface area (TPSA) is 61.9 Å². The molecule has 25 heavy (non-hydrogen) atoms. The number of nitrogens with zero attached hydrogens (tertiary/aromatic N) is 2. The number of urea groups is 1. The number of carbonyl (C=O) groups excluding carboxylic acids is 2. The third-order valence-corrected chi connectivity index (χ3v) is 5.61. The van der Waals surface area contributed by atoms with Gasteiger partial charge in [0.15, 0.2) is 0 Å². The second kappa shape index (κ2) is 7.85. The largest absolute Gasteiger partial charge is 0.377 e. The molecule has 0 unspecified atom stereocenters. The van der Waals surface area contributed by atoms with Gasteiger partial charge in [0.1, 0.15) is 5.54 Å². The van der Waals surface area contributed by atoms with Crippen LogP contribution in [0.15, 0.2) is 17.5 Å². The normalized spacial score (nSPS) is 22.8. The molecule has 3 heterocycles. The Morgan fingerprint density at radius 1 is 1.44 bits per heavy atom. The van der Waals surface area contributed by atoms with E-state index in [0.29, 0.717) is 12.6 Å². The fourth-order valence-electron chi connectivity index (χ4n) is 3.41. The van der Waals surface area contributed by atoms with Gasteiger partial charge in [-0.05, 0) is 44.6 Å². The van der Waals surface area contributed by atoms with Crippen LogP contribution in [-0.2, 0) is 16.1 Å². The van der Waals surface area contributed by atoms with E-state index in [-0.39, 0.29) is 11.9 Å². The molecular formula is C18H27N3O3S. The van der Waals surface area contributed by atoms with Crippen LogP contribution in [0.3, 0.4) is 0 Å². The molecule has 6 nitrogen and oxygen atoms in total. The van der Waals surface area contributed by atoms with Crippen molar-refractivity contribution in [2.45, 2.75) is 51.3 Å². The first-order chi connectivity index (χ1) is 12.0. The lowest BCUT2D eigenvalue weighted by molar-refractivity contribution is -0.130. The van der Waals surface area contributed by atoms with Crippen LogP contribution in [0, 0.1) is 0 Å². The molecule has 1 atom stereocenters. The summed E-state index contributed by atoms with van der Waals surface area (Å²) in [5, 5.41) is 4.82. The summed E-state index contributed by atoms with van der Waals surface area (Å²) in [6, 6.07) is 3.94. The number of ether oxygens (including phenoxy) is 1. The van der Waals surface area contributed by atoms with E-state index in [1.165, 1.54) is 9.78 Å². The number of nitrogens with one attached hydrogen (secondary N) is 1. The van der Waals surface area contributed by atoms with Gasteiger partial charge in [-0.25, -0.2) is 4.79 Å². The number of rotatable bonds is 8. The second-order valence-corrected chi connectivity index (χ2v) is 8.35. The third kappa shape index (κ3) is 4.59. The maximum Gasteiger partial charge on any atom is 0.325 e. The Morgan fingerprint density at radius 3 is 2.88 bits per heavy atom. The molecule has 0 bridgehead atoms. The SMILES string of the molecule is CC1(C)NC(=O)N(CCCN(Cc2cccs2)C[C@@H]2CCCO2)C1=O. The number of thiophene rings is 1. The molecule has 2 aliphatic heterocycles. The third-order valence-electron chi connectivity index (χ3n) is 4.75. The van der Waals surface area contributed by atoms with Crippen molar-refractivity contribution >= 4 is 23.3 Å². The monoisotopic (exact) mass is 365 g/mol. The van der Waals surface area contributed by atoms with Crippen LogP contribution >= 0.6 is 11.3 Å². The minimum atomic E-state index is -0.786. The van der Waals surface area contributed by atoms with E-state index >= 15 is 0 Å². The first-order valence-electron chi connectivity index (χ1n) is 8.96. The van der Waals surface area contributed by atoms with Gasteiger partial charge < -0.3 is 10.1 Å². The van der Waals surface area contributed by atoms with Crippen molar-refractivity contribution in [1.29, 1.82) is 0 Å². The fourth-order valence-corrected chi connectivity index (χ4v) is 4.15. The summed E-state index contributed by atoms with van der Waals surface area (Å²) in [6.07, 6.45) is 3.32. The van der Waals surface area contributed by atoms with Gasteiger partial charge in [-0.2, -0.15) is 0 Å². The fraction of sp³-hybridized carbons (Fsp3) is 0.667. The molecule has 0 saturated carbocycles. The maximum atomic E-state index is 12.3. The van der Waals surface area contributed by atoms with Gasteiger partial charge in [0, 0.05) is 37.7 Å². The highest BCUT2D eigenvalue weighted by molar-refractivity contribution is 7.09. The summed E-state index contributed by atoms with van der Waals surface area (Å²) in [7, 11) is 0. The predicted octanol–water partition coefficient (Wildman–Crippen LogP) is 2.45. The van der Waals surface area contributed by atoms with Crippen LogP contribution in [0.5, 0.6) is 0 Å². The first kappa shape index (κ1) is 18.4. The summed E-state index contributed by atoms with van der Waals surface area (Å²) in [4.78, 5) is 29.3. The Morgan fingerprint density at radius 2 is 2.28 bits per heavy atom. The van der Waals surface area contributed by atoms with Crippen molar-refractivity contribution in [1.82, 2.24) is 15.1 Å². The Kier molecular flexibility index (Phi) is 5.76. The van der Waals surface area contributed by atoms with Crippen LogP contribution in [0.25, 0.3) is 0 Å². The molecule has 3 rings (SSSR count). The quantitative estimate of drug-likeness (QED) is 0.719. The zero-order chi connectivity index (χ0) is 17.9. The van der Waals surface area contributed by atoms with E-state index in [2.05, 4.69) is 27.7 Å². The molecule has 0 spiro atoms.